The molecule has 2 aromatic carbocycles. The van der Waals surface area contributed by atoms with Gasteiger partial charge in [-0.3, -0.25) is 9.10 Å². The Morgan fingerprint density at radius 2 is 1.81 bits per heavy atom. The van der Waals surface area contributed by atoms with E-state index in [1.54, 1.807) is 30.3 Å². The van der Waals surface area contributed by atoms with Gasteiger partial charge in [-0.1, -0.05) is 12.1 Å². The van der Waals surface area contributed by atoms with Crippen LogP contribution in [-0.2, 0) is 14.8 Å². The van der Waals surface area contributed by atoms with Gasteiger partial charge < -0.3 is 10.1 Å². The van der Waals surface area contributed by atoms with Crippen LogP contribution in [-0.4, -0.2) is 33.7 Å². The van der Waals surface area contributed by atoms with E-state index >= 15 is 0 Å². The fourth-order valence-electron chi connectivity index (χ4n) is 2.52. The third-order valence-corrected chi connectivity index (χ3v) is 4.94. The summed E-state index contributed by atoms with van der Waals surface area (Å²) in [5.41, 5.74) is 0.601. The summed E-state index contributed by atoms with van der Waals surface area (Å²) in [7, 11) is -3.51. The number of carbonyl (C=O) groups is 1. The van der Waals surface area contributed by atoms with Gasteiger partial charge in [-0.05, 0) is 49.7 Å². The molecule has 0 atom stereocenters. The molecular formula is C19H23FN2O4S. The van der Waals surface area contributed by atoms with Crippen molar-refractivity contribution in [2.75, 3.05) is 29.0 Å². The van der Waals surface area contributed by atoms with E-state index in [-0.39, 0.29) is 24.6 Å². The summed E-state index contributed by atoms with van der Waals surface area (Å²) < 4.78 is 44.3. The fraction of sp³-hybridized carbons (Fsp3) is 0.316. The predicted molar refractivity (Wildman–Crippen MR) is 104 cm³/mol. The molecule has 0 aliphatic carbocycles. The van der Waals surface area contributed by atoms with Crippen molar-refractivity contribution in [3.8, 4) is 5.75 Å². The van der Waals surface area contributed by atoms with Gasteiger partial charge in [-0.25, -0.2) is 12.8 Å². The van der Waals surface area contributed by atoms with Gasteiger partial charge in [0.2, 0.25) is 15.9 Å². The van der Waals surface area contributed by atoms with E-state index in [2.05, 4.69) is 5.32 Å². The minimum absolute atomic E-state index is 0.0668. The second-order valence-corrected chi connectivity index (χ2v) is 7.80. The zero-order valence-corrected chi connectivity index (χ0v) is 16.1. The van der Waals surface area contributed by atoms with Crippen LogP contribution in [0, 0.1) is 5.82 Å². The molecule has 0 spiro atoms. The Kier molecular flexibility index (Phi) is 7.18. The lowest BCUT2D eigenvalue weighted by molar-refractivity contribution is -0.116. The van der Waals surface area contributed by atoms with Crippen molar-refractivity contribution in [3.63, 3.8) is 0 Å². The van der Waals surface area contributed by atoms with Gasteiger partial charge in [0.25, 0.3) is 0 Å². The number of ether oxygens (including phenoxy) is 1. The quantitative estimate of drug-likeness (QED) is 0.707. The van der Waals surface area contributed by atoms with Crippen molar-refractivity contribution in [1.82, 2.24) is 0 Å². The van der Waals surface area contributed by atoms with E-state index in [1.807, 2.05) is 6.92 Å². The van der Waals surface area contributed by atoms with Crippen LogP contribution in [0.4, 0.5) is 15.8 Å². The lowest BCUT2D eigenvalue weighted by Gasteiger charge is -2.22. The number of hydrogen-bond acceptors (Lipinski definition) is 4. The van der Waals surface area contributed by atoms with Crippen molar-refractivity contribution in [2.24, 2.45) is 0 Å². The third kappa shape index (κ3) is 6.25. The van der Waals surface area contributed by atoms with Gasteiger partial charge in [-0.15, -0.1) is 0 Å². The number of halogens is 1. The van der Waals surface area contributed by atoms with Crippen molar-refractivity contribution in [2.45, 2.75) is 19.8 Å². The van der Waals surface area contributed by atoms with Crippen LogP contribution in [0.25, 0.3) is 0 Å². The smallest absolute Gasteiger partial charge is 0.232 e. The summed E-state index contributed by atoms with van der Waals surface area (Å²) in [5.74, 6) is -0.239. The highest BCUT2D eigenvalue weighted by Crippen LogP contribution is 2.22. The van der Waals surface area contributed by atoms with E-state index in [9.17, 15) is 17.6 Å². The van der Waals surface area contributed by atoms with E-state index in [0.29, 0.717) is 24.5 Å². The third-order valence-electron chi connectivity index (χ3n) is 3.75. The van der Waals surface area contributed by atoms with Crippen LogP contribution in [0.2, 0.25) is 0 Å². The molecule has 1 N–H and O–H groups in total. The molecule has 0 fully saturated rings. The maximum Gasteiger partial charge on any atom is 0.232 e. The summed E-state index contributed by atoms with van der Waals surface area (Å²) >= 11 is 0. The Labute approximate surface area is 159 Å². The number of amides is 1. The largest absolute Gasteiger partial charge is 0.494 e. The van der Waals surface area contributed by atoms with Crippen LogP contribution < -0.4 is 14.4 Å². The number of rotatable bonds is 9. The molecule has 27 heavy (non-hydrogen) atoms. The number of carbonyl (C=O) groups excluding carboxylic acids is 1. The van der Waals surface area contributed by atoms with Crippen LogP contribution >= 0.6 is 0 Å². The molecule has 0 radical (unpaired) electrons. The molecule has 2 aromatic rings. The molecule has 0 aromatic heterocycles. The Morgan fingerprint density at radius 3 is 2.41 bits per heavy atom. The molecule has 0 aliphatic heterocycles. The SMILES string of the molecule is CCOc1ccc(N(CCCC(=O)Nc2ccccc2F)S(C)(=O)=O)cc1. The predicted octanol–water partition coefficient (Wildman–Crippen LogP) is 3.41. The topological polar surface area (TPSA) is 75.7 Å². The first kappa shape index (κ1) is 20.7. The molecule has 8 heteroatoms. The van der Waals surface area contributed by atoms with Gasteiger partial charge in [0, 0.05) is 13.0 Å². The Bertz CT molecular complexity index is 870. The molecule has 146 valence electrons. The molecule has 0 bridgehead atoms. The first-order valence-electron chi connectivity index (χ1n) is 8.56. The zero-order chi connectivity index (χ0) is 19.9. The van der Waals surface area contributed by atoms with E-state index in [4.69, 9.17) is 4.74 Å². The summed E-state index contributed by atoms with van der Waals surface area (Å²) in [5, 5.41) is 2.49. The second kappa shape index (κ2) is 9.36. The molecule has 0 saturated heterocycles. The molecule has 0 unspecified atom stereocenters. The van der Waals surface area contributed by atoms with Crippen LogP contribution in [0.1, 0.15) is 19.8 Å². The Morgan fingerprint density at radius 1 is 1.15 bits per heavy atom. The Balaban J connectivity index is 1.97. The number of nitrogens with one attached hydrogen (secondary N) is 1. The summed E-state index contributed by atoms with van der Waals surface area (Å²) in [6, 6.07) is 12.6. The fourth-order valence-corrected chi connectivity index (χ4v) is 3.49. The number of anilines is 2. The molecule has 1 amide bonds. The molecule has 0 saturated carbocycles. The minimum atomic E-state index is -3.51. The monoisotopic (exact) mass is 394 g/mol. The average molecular weight is 394 g/mol. The number of benzene rings is 2. The highest BCUT2D eigenvalue weighted by Gasteiger charge is 2.18. The van der Waals surface area contributed by atoms with E-state index < -0.39 is 15.8 Å². The van der Waals surface area contributed by atoms with Crippen molar-refractivity contribution >= 4 is 27.3 Å². The first-order chi connectivity index (χ1) is 12.8. The van der Waals surface area contributed by atoms with Crippen molar-refractivity contribution in [3.05, 3.63) is 54.3 Å². The standard InChI is InChI=1S/C19H23FN2O4S/c1-3-26-16-12-10-15(11-13-16)22(27(2,24)25)14-6-9-19(23)21-18-8-5-4-7-17(18)20/h4-5,7-8,10-13H,3,6,9,14H2,1-2H3,(H,21,23). The van der Waals surface area contributed by atoms with E-state index in [0.717, 1.165) is 6.26 Å². The summed E-state index contributed by atoms with van der Waals surface area (Å²) in [6.07, 6.45) is 1.47. The average Bonchev–Trinajstić information content (AvgIpc) is 2.61. The van der Waals surface area contributed by atoms with Crippen LogP contribution in [0.5, 0.6) is 5.75 Å². The molecule has 0 aliphatic rings. The molecule has 0 heterocycles. The number of nitrogens with zero attached hydrogens (tertiary/aromatic N) is 1. The summed E-state index contributed by atoms with van der Waals surface area (Å²) in [4.78, 5) is 12.0. The van der Waals surface area contributed by atoms with Crippen LogP contribution in [0.15, 0.2) is 48.5 Å². The van der Waals surface area contributed by atoms with Crippen molar-refractivity contribution in [1.29, 1.82) is 0 Å². The van der Waals surface area contributed by atoms with Gasteiger partial charge in [0.1, 0.15) is 11.6 Å². The molecule has 6 nitrogen and oxygen atoms in total. The zero-order valence-electron chi connectivity index (χ0n) is 15.3. The lowest BCUT2D eigenvalue weighted by atomic mass is 10.2. The Hall–Kier alpha value is -2.61. The summed E-state index contributed by atoms with van der Waals surface area (Å²) in [6.45, 7) is 2.52. The normalized spacial score (nSPS) is 11.1. The lowest BCUT2D eigenvalue weighted by Crippen LogP contribution is -2.31. The van der Waals surface area contributed by atoms with E-state index in [1.165, 1.54) is 22.5 Å². The minimum Gasteiger partial charge on any atom is -0.494 e. The molecular weight excluding hydrogens is 371 g/mol. The van der Waals surface area contributed by atoms with Gasteiger partial charge >= 0.3 is 0 Å². The second-order valence-electron chi connectivity index (χ2n) is 5.89. The maximum absolute atomic E-state index is 13.6. The number of para-hydroxylation sites is 1. The van der Waals surface area contributed by atoms with Gasteiger partial charge in [0.15, 0.2) is 0 Å². The number of hydrogen-bond donors (Lipinski definition) is 1. The van der Waals surface area contributed by atoms with Crippen molar-refractivity contribution < 1.29 is 22.3 Å². The van der Waals surface area contributed by atoms with Gasteiger partial charge in [-0.2, -0.15) is 0 Å². The maximum atomic E-state index is 13.6. The molecule has 2 rings (SSSR count). The number of sulfonamides is 1. The highest BCUT2D eigenvalue weighted by molar-refractivity contribution is 7.92. The highest BCUT2D eigenvalue weighted by atomic mass is 32.2. The van der Waals surface area contributed by atoms with Gasteiger partial charge in [0.05, 0.1) is 24.2 Å². The van der Waals surface area contributed by atoms with Crippen LogP contribution in [0.3, 0.4) is 0 Å². The first-order valence-corrected chi connectivity index (χ1v) is 10.4.